The molecule has 0 fully saturated rings. The van der Waals surface area contributed by atoms with Gasteiger partial charge in [-0.1, -0.05) is 56.3 Å². The van der Waals surface area contributed by atoms with E-state index in [1.54, 1.807) is 6.08 Å². The van der Waals surface area contributed by atoms with Gasteiger partial charge in [-0.15, -0.1) is 0 Å². The molecule has 0 aliphatic heterocycles. The number of hydrazine groups is 1. The minimum Gasteiger partial charge on any atom is -0.358 e. The molecular formula is C27H36N4O. The van der Waals surface area contributed by atoms with Gasteiger partial charge in [-0.05, 0) is 61.6 Å². The highest BCUT2D eigenvalue weighted by Gasteiger charge is 2.11. The summed E-state index contributed by atoms with van der Waals surface area (Å²) < 4.78 is 0. The van der Waals surface area contributed by atoms with E-state index in [1.807, 2.05) is 6.08 Å². The number of rotatable bonds is 12. The Morgan fingerprint density at radius 2 is 1.81 bits per heavy atom. The van der Waals surface area contributed by atoms with Crippen LogP contribution < -0.4 is 10.9 Å². The molecule has 5 heteroatoms. The van der Waals surface area contributed by atoms with Crippen molar-refractivity contribution in [3.8, 4) is 0 Å². The Labute approximate surface area is 191 Å². The number of carbonyl (C=O) groups is 1. The maximum absolute atomic E-state index is 11.8. The molecule has 1 heterocycles. The van der Waals surface area contributed by atoms with Crippen LogP contribution in [0, 0.1) is 6.92 Å². The molecule has 32 heavy (non-hydrogen) atoms. The second kappa shape index (κ2) is 12.2. The van der Waals surface area contributed by atoms with E-state index in [4.69, 9.17) is 0 Å². The first-order valence-corrected chi connectivity index (χ1v) is 11.7. The van der Waals surface area contributed by atoms with Gasteiger partial charge in [-0.2, -0.15) is 0 Å². The zero-order valence-electron chi connectivity index (χ0n) is 19.6. The van der Waals surface area contributed by atoms with Gasteiger partial charge in [0.05, 0.1) is 0 Å². The smallest absolute Gasteiger partial charge is 0.258 e. The third-order valence-electron chi connectivity index (χ3n) is 5.64. The molecule has 0 bridgehead atoms. The standard InChI is InChI=1S/C27H36N4O/c1-4-17-28-30-27(32)15-14-22-10-12-23(13-11-22)20-31(18-5-2)19-16-24-21(3)29-26-9-7-6-8-25(24)26/h6-15,28-29H,4-5,16-20H2,1-3H3,(H,30,32)/b15-14+. The van der Waals surface area contributed by atoms with Crippen molar-refractivity contribution in [2.75, 3.05) is 19.6 Å². The first kappa shape index (κ1) is 23.8. The van der Waals surface area contributed by atoms with Gasteiger partial charge in [0.25, 0.3) is 5.91 Å². The van der Waals surface area contributed by atoms with Crippen molar-refractivity contribution in [3.05, 3.63) is 77.0 Å². The molecule has 3 rings (SSSR count). The first-order chi connectivity index (χ1) is 15.6. The maximum atomic E-state index is 11.8. The number of nitrogens with one attached hydrogen (secondary N) is 3. The predicted octanol–water partition coefficient (Wildman–Crippen LogP) is 4.98. The quantitative estimate of drug-likeness (QED) is 0.215. The molecule has 5 nitrogen and oxygen atoms in total. The van der Waals surface area contributed by atoms with E-state index < -0.39 is 0 Å². The van der Waals surface area contributed by atoms with E-state index >= 15 is 0 Å². The van der Waals surface area contributed by atoms with Crippen molar-refractivity contribution in [1.29, 1.82) is 0 Å². The molecule has 0 saturated heterocycles. The third-order valence-corrected chi connectivity index (χ3v) is 5.64. The number of hydrogen-bond acceptors (Lipinski definition) is 3. The second-order valence-corrected chi connectivity index (χ2v) is 8.29. The molecule has 2 aromatic carbocycles. The van der Waals surface area contributed by atoms with Gasteiger partial charge in [0, 0.05) is 42.3 Å². The molecule has 0 radical (unpaired) electrons. The van der Waals surface area contributed by atoms with Crippen LogP contribution in [-0.2, 0) is 17.8 Å². The lowest BCUT2D eigenvalue weighted by molar-refractivity contribution is -0.117. The highest BCUT2D eigenvalue weighted by Crippen LogP contribution is 2.22. The average molecular weight is 433 g/mol. The summed E-state index contributed by atoms with van der Waals surface area (Å²) in [5.41, 5.74) is 11.8. The lowest BCUT2D eigenvalue weighted by Crippen LogP contribution is -2.36. The number of aromatic nitrogens is 1. The second-order valence-electron chi connectivity index (χ2n) is 8.29. The van der Waals surface area contributed by atoms with Crippen molar-refractivity contribution < 1.29 is 4.79 Å². The van der Waals surface area contributed by atoms with Gasteiger partial charge in [0.1, 0.15) is 0 Å². The molecule has 0 spiro atoms. The molecule has 3 aromatic rings. The highest BCUT2D eigenvalue weighted by atomic mass is 16.2. The van der Waals surface area contributed by atoms with Gasteiger partial charge in [-0.3, -0.25) is 15.1 Å². The number of hydrogen-bond donors (Lipinski definition) is 3. The monoisotopic (exact) mass is 432 g/mol. The summed E-state index contributed by atoms with van der Waals surface area (Å²) in [5, 5.41) is 1.34. The van der Waals surface area contributed by atoms with Gasteiger partial charge in [0.15, 0.2) is 0 Å². The van der Waals surface area contributed by atoms with Crippen LogP contribution in [0.4, 0.5) is 0 Å². The van der Waals surface area contributed by atoms with E-state index in [0.29, 0.717) is 0 Å². The molecule has 0 aliphatic carbocycles. The van der Waals surface area contributed by atoms with E-state index in [2.05, 4.69) is 90.0 Å². The fourth-order valence-electron chi connectivity index (χ4n) is 3.99. The van der Waals surface area contributed by atoms with Gasteiger partial charge in [0.2, 0.25) is 0 Å². The SMILES string of the molecule is CCCNNC(=O)/C=C/c1ccc(CN(CCC)CCc2c(C)[nH]c3ccccc23)cc1. The number of aromatic amines is 1. The van der Waals surface area contributed by atoms with Gasteiger partial charge < -0.3 is 4.98 Å². The Hall–Kier alpha value is -2.89. The number of aryl methyl sites for hydroxylation is 1. The van der Waals surface area contributed by atoms with Crippen LogP contribution in [0.2, 0.25) is 0 Å². The summed E-state index contributed by atoms with van der Waals surface area (Å²) in [6.45, 7) is 10.3. The summed E-state index contributed by atoms with van der Waals surface area (Å²) in [7, 11) is 0. The minimum atomic E-state index is -0.135. The molecular weight excluding hydrogens is 396 g/mol. The Bertz CT molecular complexity index is 1020. The summed E-state index contributed by atoms with van der Waals surface area (Å²) in [6.07, 6.45) is 6.55. The number of para-hydroxylation sites is 1. The van der Waals surface area contributed by atoms with Crippen LogP contribution in [0.1, 0.15) is 49.1 Å². The van der Waals surface area contributed by atoms with Crippen molar-refractivity contribution in [1.82, 2.24) is 20.7 Å². The predicted molar refractivity (Wildman–Crippen MR) is 134 cm³/mol. The largest absolute Gasteiger partial charge is 0.358 e. The van der Waals surface area contributed by atoms with E-state index in [9.17, 15) is 4.79 Å². The van der Waals surface area contributed by atoms with Crippen molar-refractivity contribution >= 4 is 22.9 Å². The summed E-state index contributed by atoms with van der Waals surface area (Å²) >= 11 is 0. The molecule has 0 saturated carbocycles. The number of nitrogens with zero attached hydrogens (tertiary/aromatic N) is 1. The zero-order chi connectivity index (χ0) is 22.8. The first-order valence-electron chi connectivity index (χ1n) is 11.7. The zero-order valence-corrected chi connectivity index (χ0v) is 19.6. The average Bonchev–Trinajstić information content (AvgIpc) is 3.12. The lowest BCUT2D eigenvalue weighted by Gasteiger charge is -2.22. The maximum Gasteiger partial charge on any atom is 0.258 e. The summed E-state index contributed by atoms with van der Waals surface area (Å²) in [4.78, 5) is 17.8. The van der Waals surface area contributed by atoms with Gasteiger partial charge >= 0.3 is 0 Å². The number of carbonyl (C=O) groups excluding carboxylic acids is 1. The topological polar surface area (TPSA) is 60.2 Å². The van der Waals surface area contributed by atoms with Crippen LogP contribution in [0.5, 0.6) is 0 Å². The fourth-order valence-corrected chi connectivity index (χ4v) is 3.99. The van der Waals surface area contributed by atoms with Gasteiger partial charge in [-0.25, -0.2) is 5.43 Å². The highest BCUT2D eigenvalue weighted by molar-refractivity contribution is 5.91. The molecule has 1 amide bonds. The van der Waals surface area contributed by atoms with Crippen molar-refractivity contribution in [3.63, 3.8) is 0 Å². The number of amides is 1. The molecule has 0 atom stereocenters. The third kappa shape index (κ3) is 6.81. The Kier molecular flexibility index (Phi) is 9.08. The number of H-pyrrole nitrogens is 1. The van der Waals surface area contributed by atoms with Crippen LogP contribution in [0.25, 0.3) is 17.0 Å². The molecule has 170 valence electrons. The van der Waals surface area contributed by atoms with Crippen LogP contribution >= 0.6 is 0 Å². The van der Waals surface area contributed by atoms with Crippen LogP contribution in [0.15, 0.2) is 54.6 Å². The molecule has 1 aromatic heterocycles. The molecule has 3 N–H and O–H groups in total. The summed E-state index contributed by atoms with van der Waals surface area (Å²) in [6, 6.07) is 17.0. The van der Waals surface area contributed by atoms with Crippen molar-refractivity contribution in [2.45, 2.75) is 46.6 Å². The normalized spacial score (nSPS) is 11.6. The van der Waals surface area contributed by atoms with E-state index in [1.165, 1.54) is 27.7 Å². The van der Waals surface area contributed by atoms with Crippen molar-refractivity contribution in [2.24, 2.45) is 0 Å². The Morgan fingerprint density at radius 1 is 1.03 bits per heavy atom. The lowest BCUT2D eigenvalue weighted by atomic mass is 10.1. The Morgan fingerprint density at radius 3 is 2.56 bits per heavy atom. The Balaban J connectivity index is 1.57. The molecule has 0 aliphatic rings. The van der Waals surface area contributed by atoms with Crippen LogP contribution in [0.3, 0.4) is 0 Å². The molecule has 0 unspecified atom stereocenters. The fraction of sp³-hybridized carbons (Fsp3) is 0.370. The number of fused-ring (bicyclic) bond motifs is 1. The van der Waals surface area contributed by atoms with E-state index in [-0.39, 0.29) is 5.91 Å². The minimum absolute atomic E-state index is 0.135. The van der Waals surface area contributed by atoms with Crippen LogP contribution in [-0.4, -0.2) is 35.4 Å². The summed E-state index contributed by atoms with van der Waals surface area (Å²) in [5.74, 6) is -0.135. The van der Waals surface area contributed by atoms with E-state index in [0.717, 1.165) is 51.0 Å². The number of benzene rings is 2.